The number of para-hydroxylation sites is 3. The summed E-state index contributed by atoms with van der Waals surface area (Å²) in [7, 11) is 0. The molecule has 0 saturated heterocycles. The van der Waals surface area contributed by atoms with E-state index < -0.39 is 0 Å². The maximum Gasteiger partial charge on any atom is 0.187 e. The molecule has 0 atom stereocenters. The number of benzene rings is 7. The highest BCUT2D eigenvalue weighted by molar-refractivity contribution is 7.29. The van der Waals surface area contributed by atoms with Crippen LogP contribution in [0.2, 0.25) is 0 Å². The zero-order chi connectivity index (χ0) is 32.6. The monoisotopic (exact) mass is 657 g/mol. The van der Waals surface area contributed by atoms with Gasteiger partial charge in [-0.3, -0.25) is 0 Å². The lowest BCUT2D eigenvalue weighted by molar-refractivity contribution is 1.17. The molecule has 0 amide bonds. The molecule has 0 unspecified atom stereocenters. The Labute approximate surface area is 289 Å². The first-order chi connectivity index (χ1) is 24.2. The van der Waals surface area contributed by atoms with Gasteiger partial charge in [0.25, 0.3) is 0 Å². The third kappa shape index (κ3) is 4.11. The summed E-state index contributed by atoms with van der Waals surface area (Å²) in [6.45, 7) is 7.30. The first-order valence-electron chi connectivity index (χ1n) is 16.0. The van der Waals surface area contributed by atoms with Crippen molar-refractivity contribution in [2.24, 2.45) is 0 Å². The third-order valence-corrected chi connectivity index (χ3v) is 12.0. The van der Waals surface area contributed by atoms with Crippen molar-refractivity contribution < 1.29 is 0 Å². The lowest BCUT2D eigenvalue weighted by Gasteiger charge is -2.16. The van der Waals surface area contributed by atoms with Crippen molar-refractivity contribution in [3.8, 4) is 34.0 Å². The van der Waals surface area contributed by atoms with Crippen LogP contribution in [-0.2, 0) is 0 Å². The molecule has 0 aliphatic rings. The number of hydrogen-bond donors (Lipinski definition) is 0. The molecule has 10 aromatic rings. The zero-order valence-corrected chi connectivity index (χ0v) is 27.6. The van der Waals surface area contributed by atoms with Crippen LogP contribution in [-0.4, -0.2) is 4.57 Å². The van der Waals surface area contributed by atoms with Gasteiger partial charge in [-0.2, -0.15) is 5.26 Å². The molecule has 3 heterocycles. The summed E-state index contributed by atoms with van der Waals surface area (Å²) in [5.41, 5.74) is 8.75. The van der Waals surface area contributed by atoms with Gasteiger partial charge in [-0.1, -0.05) is 91.0 Å². The van der Waals surface area contributed by atoms with Crippen LogP contribution >= 0.6 is 22.7 Å². The number of hydrogen-bond acceptors (Lipinski definition) is 3. The first kappa shape index (κ1) is 27.8. The van der Waals surface area contributed by atoms with E-state index in [1.807, 2.05) is 59.1 Å². The Hall–Kier alpha value is -6.24. The minimum Gasteiger partial charge on any atom is -0.307 e. The molecule has 3 nitrogen and oxygen atoms in total. The highest BCUT2D eigenvalue weighted by Gasteiger charge is 2.20. The molecule has 0 radical (unpaired) electrons. The smallest absolute Gasteiger partial charge is 0.187 e. The van der Waals surface area contributed by atoms with Crippen molar-refractivity contribution in [3.63, 3.8) is 0 Å². The molecule has 226 valence electrons. The van der Waals surface area contributed by atoms with Crippen molar-refractivity contribution in [2.75, 3.05) is 0 Å². The molecule has 0 bridgehead atoms. The molecule has 10 rings (SSSR count). The first-order valence-corrected chi connectivity index (χ1v) is 17.6. The second-order valence-electron chi connectivity index (χ2n) is 12.3. The number of thiophene rings is 2. The normalized spacial score (nSPS) is 11.6. The Balaban J connectivity index is 1.21. The van der Waals surface area contributed by atoms with E-state index in [2.05, 4.69) is 119 Å². The fourth-order valence-corrected chi connectivity index (χ4v) is 9.85. The largest absolute Gasteiger partial charge is 0.307 e. The fraction of sp³-hybridized carbons (Fsp3) is 0. The van der Waals surface area contributed by atoms with Crippen LogP contribution in [0.15, 0.2) is 140 Å². The summed E-state index contributed by atoms with van der Waals surface area (Å²) in [5, 5.41) is 17.8. The van der Waals surface area contributed by atoms with E-state index in [4.69, 9.17) is 6.57 Å². The Kier molecular flexibility index (Phi) is 6.04. The van der Waals surface area contributed by atoms with E-state index in [-0.39, 0.29) is 0 Å². The summed E-state index contributed by atoms with van der Waals surface area (Å²) in [6.07, 6.45) is 0. The molecule has 0 spiro atoms. The molecule has 0 aliphatic heterocycles. The van der Waals surface area contributed by atoms with E-state index in [9.17, 15) is 5.26 Å². The SMILES string of the molecule is [C-]#[N+]c1ccc(-c2ccc3sc4c(ccc5sc6ccc(-c7cccc(C#N)c7-n7c8ccccc8c8ccccc87)cc6c54)c3c2)cc1. The molecule has 49 heavy (non-hydrogen) atoms. The average molecular weight is 658 g/mol. The predicted molar refractivity (Wildman–Crippen MR) is 208 cm³/mol. The van der Waals surface area contributed by atoms with E-state index in [1.54, 1.807) is 0 Å². The number of nitrogens with zero attached hydrogens (tertiary/aromatic N) is 3. The molecular formula is C44H23N3S2. The minimum atomic E-state index is 0.644. The Morgan fingerprint density at radius 1 is 0.551 bits per heavy atom. The number of rotatable bonds is 3. The van der Waals surface area contributed by atoms with Gasteiger partial charge in [0, 0.05) is 56.7 Å². The second-order valence-corrected chi connectivity index (χ2v) is 14.4. The van der Waals surface area contributed by atoms with Gasteiger partial charge in [0.1, 0.15) is 6.07 Å². The highest BCUT2D eigenvalue weighted by Crippen LogP contribution is 2.47. The van der Waals surface area contributed by atoms with Gasteiger partial charge in [0.15, 0.2) is 5.69 Å². The maximum absolute atomic E-state index is 10.4. The number of aromatic nitrogens is 1. The zero-order valence-electron chi connectivity index (χ0n) is 25.9. The van der Waals surface area contributed by atoms with Gasteiger partial charge < -0.3 is 4.57 Å². The Morgan fingerprint density at radius 3 is 1.94 bits per heavy atom. The van der Waals surface area contributed by atoms with Crippen molar-refractivity contribution in [1.82, 2.24) is 4.57 Å². The summed E-state index contributed by atoms with van der Waals surface area (Å²) in [6, 6.07) is 51.4. The van der Waals surface area contributed by atoms with Gasteiger partial charge in [-0.15, -0.1) is 22.7 Å². The van der Waals surface area contributed by atoms with Crippen LogP contribution in [0.25, 0.3) is 94.9 Å². The van der Waals surface area contributed by atoms with Crippen molar-refractivity contribution in [2.45, 2.75) is 0 Å². The molecule has 0 saturated carbocycles. The minimum absolute atomic E-state index is 0.644. The third-order valence-electron chi connectivity index (χ3n) is 9.67. The van der Waals surface area contributed by atoms with E-state index in [0.717, 1.165) is 39.0 Å². The lowest BCUT2D eigenvalue weighted by atomic mass is 9.97. The summed E-state index contributed by atoms with van der Waals surface area (Å²) >= 11 is 3.68. The molecule has 7 aromatic carbocycles. The Morgan fingerprint density at radius 2 is 1.20 bits per heavy atom. The summed E-state index contributed by atoms with van der Waals surface area (Å²) in [5.74, 6) is 0. The van der Waals surface area contributed by atoms with Crippen LogP contribution in [0.1, 0.15) is 5.56 Å². The van der Waals surface area contributed by atoms with E-state index >= 15 is 0 Å². The highest BCUT2D eigenvalue weighted by atomic mass is 32.1. The number of fused-ring (bicyclic) bond motifs is 10. The van der Waals surface area contributed by atoms with Gasteiger partial charge in [0.05, 0.1) is 28.9 Å². The van der Waals surface area contributed by atoms with Crippen molar-refractivity contribution >= 4 is 90.5 Å². The topological polar surface area (TPSA) is 33.1 Å². The van der Waals surface area contributed by atoms with E-state index in [0.29, 0.717) is 11.3 Å². The standard InChI is InChI=1S/C44H23N3S2/c1-46-30-17-13-26(14-18-30)27-15-20-39-35(23-27)34-19-22-41-42(44(34)49-39)36-24-28(16-21-40(36)48-41)31-10-6-7-29(25-45)43(31)47-37-11-4-2-8-32(37)33-9-3-5-12-38(33)47/h2-24H. The van der Waals surface area contributed by atoms with Crippen molar-refractivity contribution in [1.29, 1.82) is 5.26 Å². The molecule has 0 N–H and O–H groups in total. The maximum atomic E-state index is 10.4. The lowest BCUT2D eigenvalue weighted by Crippen LogP contribution is -2.00. The van der Waals surface area contributed by atoms with Crippen molar-refractivity contribution in [3.05, 3.63) is 157 Å². The molecule has 3 aromatic heterocycles. The summed E-state index contributed by atoms with van der Waals surface area (Å²) < 4.78 is 7.35. The van der Waals surface area contributed by atoms with Crippen LogP contribution < -0.4 is 0 Å². The van der Waals surface area contributed by atoms with Gasteiger partial charge in [-0.25, -0.2) is 4.85 Å². The van der Waals surface area contributed by atoms with Crippen LogP contribution in [0, 0.1) is 17.9 Å². The van der Waals surface area contributed by atoms with Gasteiger partial charge >= 0.3 is 0 Å². The second kappa shape index (κ2) is 10.6. The Bertz CT molecular complexity index is 3020. The van der Waals surface area contributed by atoms with Crippen LogP contribution in [0.5, 0.6) is 0 Å². The van der Waals surface area contributed by atoms with Crippen LogP contribution in [0.4, 0.5) is 5.69 Å². The number of nitriles is 1. The van der Waals surface area contributed by atoms with E-state index in [1.165, 1.54) is 51.1 Å². The van der Waals surface area contributed by atoms with Gasteiger partial charge in [0.2, 0.25) is 0 Å². The average Bonchev–Trinajstić information content (AvgIpc) is 3.83. The molecular weight excluding hydrogens is 635 g/mol. The van der Waals surface area contributed by atoms with Crippen LogP contribution in [0.3, 0.4) is 0 Å². The van der Waals surface area contributed by atoms with Gasteiger partial charge in [-0.05, 0) is 65.2 Å². The molecule has 0 fully saturated rings. The summed E-state index contributed by atoms with van der Waals surface area (Å²) in [4.78, 5) is 3.55. The molecule has 5 heteroatoms. The fourth-order valence-electron chi connectivity index (χ4n) is 7.44. The molecule has 0 aliphatic carbocycles. The predicted octanol–water partition coefficient (Wildman–Crippen LogP) is 13.3. The quantitative estimate of drug-likeness (QED) is 0.174.